The van der Waals surface area contributed by atoms with E-state index in [2.05, 4.69) is 41.0 Å². The van der Waals surface area contributed by atoms with E-state index < -0.39 is 0 Å². The molecule has 0 saturated carbocycles. The third kappa shape index (κ3) is 4.15. The van der Waals surface area contributed by atoms with Gasteiger partial charge in [-0.25, -0.2) is 9.97 Å². The Morgan fingerprint density at radius 3 is 2.90 bits per heavy atom. The molecule has 5 nitrogen and oxygen atoms in total. The zero-order chi connectivity index (χ0) is 15.3. The third-order valence-corrected chi connectivity index (χ3v) is 5.04. The first kappa shape index (κ1) is 16.2. The SMILES string of the molecule is CCCNc1ncnc(N2CCSC(C)(C)CC2)c1OC. The molecule has 2 rings (SSSR count). The quantitative estimate of drug-likeness (QED) is 0.902. The van der Waals surface area contributed by atoms with Crippen LogP contribution >= 0.6 is 11.8 Å². The van der Waals surface area contributed by atoms with E-state index in [1.165, 1.54) is 0 Å². The Morgan fingerprint density at radius 1 is 1.38 bits per heavy atom. The highest BCUT2D eigenvalue weighted by Crippen LogP contribution is 2.36. The second kappa shape index (κ2) is 7.20. The number of thioether (sulfide) groups is 1. The predicted octanol–water partition coefficient (Wildman–Crippen LogP) is 3.03. The van der Waals surface area contributed by atoms with Crippen LogP contribution in [-0.2, 0) is 0 Å². The van der Waals surface area contributed by atoms with Crippen LogP contribution in [0.3, 0.4) is 0 Å². The minimum atomic E-state index is 0.332. The Balaban J connectivity index is 2.22. The van der Waals surface area contributed by atoms with Gasteiger partial charge in [0.2, 0.25) is 5.75 Å². The second-order valence-corrected chi connectivity index (χ2v) is 7.65. The normalized spacial score (nSPS) is 18.2. The van der Waals surface area contributed by atoms with Gasteiger partial charge in [-0.3, -0.25) is 0 Å². The highest BCUT2D eigenvalue weighted by atomic mass is 32.2. The third-order valence-electron chi connectivity index (χ3n) is 3.67. The van der Waals surface area contributed by atoms with Crippen LogP contribution in [0.2, 0.25) is 0 Å². The minimum Gasteiger partial charge on any atom is -0.490 e. The number of methoxy groups -OCH3 is 1. The van der Waals surface area contributed by atoms with Crippen LogP contribution in [0.15, 0.2) is 6.33 Å². The molecule has 6 heteroatoms. The summed E-state index contributed by atoms with van der Waals surface area (Å²) in [6.07, 6.45) is 3.82. The van der Waals surface area contributed by atoms with E-state index in [-0.39, 0.29) is 0 Å². The lowest BCUT2D eigenvalue weighted by Gasteiger charge is -2.25. The Hall–Kier alpha value is -1.17. The van der Waals surface area contributed by atoms with Crippen LogP contribution in [-0.4, -0.2) is 47.2 Å². The fourth-order valence-electron chi connectivity index (χ4n) is 2.38. The van der Waals surface area contributed by atoms with Crippen molar-refractivity contribution in [3.63, 3.8) is 0 Å². The van der Waals surface area contributed by atoms with Gasteiger partial charge in [-0.1, -0.05) is 20.8 Å². The lowest BCUT2D eigenvalue weighted by Crippen LogP contribution is -2.28. The molecular formula is C15H26N4OS. The molecule has 0 radical (unpaired) electrons. The Morgan fingerprint density at radius 2 is 2.19 bits per heavy atom. The molecule has 0 spiro atoms. The van der Waals surface area contributed by atoms with E-state index in [1.54, 1.807) is 13.4 Å². The summed E-state index contributed by atoms with van der Waals surface area (Å²) in [5.74, 6) is 3.57. The van der Waals surface area contributed by atoms with Crippen molar-refractivity contribution in [2.75, 3.05) is 42.7 Å². The predicted molar refractivity (Wildman–Crippen MR) is 90.7 cm³/mol. The van der Waals surface area contributed by atoms with Gasteiger partial charge < -0.3 is 15.0 Å². The molecule has 1 aromatic rings. The number of hydrogen-bond acceptors (Lipinski definition) is 6. The average Bonchev–Trinajstić information content (AvgIpc) is 2.65. The first-order valence-electron chi connectivity index (χ1n) is 7.59. The molecule has 1 N–H and O–H groups in total. The van der Waals surface area contributed by atoms with E-state index >= 15 is 0 Å². The summed E-state index contributed by atoms with van der Waals surface area (Å²) >= 11 is 2.03. The van der Waals surface area contributed by atoms with Gasteiger partial charge in [0.25, 0.3) is 0 Å². The molecule has 0 aliphatic carbocycles. The summed E-state index contributed by atoms with van der Waals surface area (Å²) in [6.45, 7) is 9.64. The number of ether oxygens (including phenoxy) is 1. The number of nitrogens with one attached hydrogen (secondary N) is 1. The van der Waals surface area contributed by atoms with E-state index in [0.29, 0.717) is 4.75 Å². The largest absolute Gasteiger partial charge is 0.490 e. The number of anilines is 2. The molecule has 1 aromatic heterocycles. The molecule has 1 fully saturated rings. The second-order valence-electron chi connectivity index (χ2n) is 5.85. The number of rotatable bonds is 5. The van der Waals surface area contributed by atoms with Crippen molar-refractivity contribution in [3.05, 3.63) is 6.33 Å². The van der Waals surface area contributed by atoms with Crippen molar-refractivity contribution in [3.8, 4) is 5.75 Å². The number of aromatic nitrogens is 2. The Labute approximate surface area is 131 Å². The topological polar surface area (TPSA) is 50.3 Å². The van der Waals surface area contributed by atoms with E-state index in [4.69, 9.17) is 4.74 Å². The first-order chi connectivity index (χ1) is 10.1. The summed E-state index contributed by atoms with van der Waals surface area (Å²) in [5.41, 5.74) is 0. The molecule has 2 heterocycles. The Bertz CT molecular complexity index is 467. The molecule has 0 unspecified atom stereocenters. The van der Waals surface area contributed by atoms with Crippen LogP contribution in [0.25, 0.3) is 0 Å². The maximum atomic E-state index is 5.58. The molecule has 0 atom stereocenters. The van der Waals surface area contributed by atoms with Gasteiger partial charge in [-0.05, 0) is 12.8 Å². The van der Waals surface area contributed by atoms with Crippen molar-refractivity contribution < 1.29 is 4.74 Å². The maximum Gasteiger partial charge on any atom is 0.204 e. The maximum absolute atomic E-state index is 5.58. The monoisotopic (exact) mass is 310 g/mol. The Kier molecular flexibility index (Phi) is 5.56. The molecule has 0 amide bonds. The fraction of sp³-hybridized carbons (Fsp3) is 0.733. The van der Waals surface area contributed by atoms with E-state index in [1.807, 2.05) is 11.8 Å². The van der Waals surface area contributed by atoms with Crippen LogP contribution in [0.5, 0.6) is 5.75 Å². The summed E-state index contributed by atoms with van der Waals surface area (Å²) in [4.78, 5) is 11.1. The van der Waals surface area contributed by atoms with Gasteiger partial charge in [-0.2, -0.15) is 11.8 Å². The van der Waals surface area contributed by atoms with Crippen molar-refractivity contribution >= 4 is 23.4 Å². The smallest absolute Gasteiger partial charge is 0.204 e. The van der Waals surface area contributed by atoms with Crippen molar-refractivity contribution in [2.24, 2.45) is 0 Å². The lowest BCUT2D eigenvalue weighted by atomic mass is 10.1. The van der Waals surface area contributed by atoms with Crippen molar-refractivity contribution in [1.82, 2.24) is 9.97 Å². The van der Waals surface area contributed by atoms with Gasteiger partial charge in [0.15, 0.2) is 11.6 Å². The van der Waals surface area contributed by atoms with Gasteiger partial charge in [0.05, 0.1) is 7.11 Å². The summed E-state index contributed by atoms with van der Waals surface area (Å²) in [7, 11) is 1.69. The van der Waals surface area contributed by atoms with Gasteiger partial charge in [0, 0.05) is 30.1 Å². The zero-order valence-corrected chi connectivity index (χ0v) is 14.3. The molecule has 0 bridgehead atoms. The molecule has 1 aliphatic rings. The fourth-order valence-corrected chi connectivity index (χ4v) is 3.48. The van der Waals surface area contributed by atoms with Crippen LogP contribution in [0.4, 0.5) is 11.6 Å². The van der Waals surface area contributed by atoms with Gasteiger partial charge in [0.1, 0.15) is 6.33 Å². The zero-order valence-electron chi connectivity index (χ0n) is 13.5. The van der Waals surface area contributed by atoms with Crippen molar-refractivity contribution in [1.29, 1.82) is 0 Å². The first-order valence-corrected chi connectivity index (χ1v) is 8.57. The molecular weight excluding hydrogens is 284 g/mol. The molecule has 118 valence electrons. The van der Waals surface area contributed by atoms with Crippen LogP contribution < -0.4 is 15.0 Å². The molecule has 1 saturated heterocycles. The highest BCUT2D eigenvalue weighted by Gasteiger charge is 2.26. The number of nitrogens with zero attached hydrogens (tertiary/aromatic N) is 3. The summed E-state index contributed by atoms with van der Waals surface area (Å²) in [6, 6.07) is 0. The van der Waals surface area contributed by atoms with Crippen molar-refractivity contribution in [2.45, 2.75) is 38.4 Å². The minimum absolute atomic E-state index is 0.332. The lowest BCUT2D eigenvalue weighted by molar-refractivity contribution is 0.412. The number of hydrogen-bond donors (Lipinski definition) is 1. The molecule has 0 aromatic carbocycles. The van der Waals surface area contributed by atoms with Crippen LogP contribution in [0, 0.1) is 0 Å². The van der Waals surface area contributed by atoms with Gasteiger partial charge >= 0.3 is 0 Å². The van der Waals surface area contributed by atoms with Crippen LogP contribution in [0.1, 0.15) is 33.6 Å². The molecule has 21 heavy (non-hydrogen) atoms. The summed E-state index contributed by atoms with van der Waals surface area (Å²) < 4.78 is 5.92. The highest BCUT2D eigenvalue weighted by molar-refractivity contribution is 8.00. The average molecular weight is 310 g/mol. The standard InChI is InChI=1S/C15H26N4OS/c1-5-7-16-13-12(20-4)14(18-11-17-13)19-8-6-15(2,3)21-10-9-19/h11H,5-10H2,1-4H3,(H,16,17,18). The van der Waals surface area contributed by atoms with E-state index in [9.17, 15) is 0 Å². The van der Waals surface area contributed by atoms with E-state index in [0.717, 1.165) is 55.6 Å². The summed E-state index contributed by atoms with van der Waals surface area (Å²) in [5, 5.41) is 3.32. The van der Waals surface area contributed by atoms with Gasteiger partial charge in [-0.15, -0.1) is 0 Å². The molecule has 1 aliphatic heterocycles.